The molecular weight excluding hydrogens is 402 g/mol. The number of amides is 2. The van der Waals surface area contributed by atoms with Gasteiger partial charge in [0.25, 0.3) is 10.0 Å². The van der Waals surface area contributed by atoms with Crippen molar-refractivity contribution in [1.29, 1.82) is 5.41 Å². The third-order valence-electron chi connectivity index (χ3n) is 5.75. The molecule has 1 saturated heterocycles. The van der Waals surface area contributed by atoms with E-state index in [1.807, 2.05) is 6.92 Å². The lowest BCUT2D eigenvalue weighted by molar-refractivity contribution is 0.233. The fraction of sp³-hybridized carbons (Fsp3) is 0.619. The summed E-state index contributed by atoms with van der Waals surface area (Å²) < 4.78 is 27.0. The third-order valence-corrected chi connectivity index (χ3v) is 7.56. The van der Waals surface area contributed by atoms with Crippen molar-refractivity contribution in [3.63, 3.8) is 0 Å². The number of guanidine groups is 1. The molecule has 1 aliphatic heterocycles. The van der Waals surface area contributed by atoms with E-state index >= 15 is 0 Å². The van der Waals surface area contributed by atoms with Gasteiger partial charge in [0.05, 0.1) is 11.4 Å². The molecular formula is C21H33N5O3S. The monoisotopic (exact) mass is 435 g/mol. The zero-order valence-electron chi connectivity index (χ0n) is 17.7. The molecule has 3 N–H and O–H groups in total. The normalized spacial score (nSPS) is 18.0. The van der Waals surface area contributed by atoms with Gasteiger partial charge < -0.3 is 15.5 Å². The summed E-state index contributed by atoms with van der Waals surface area (Å²) >= 11 is 0. The molecule has 1 aliphatic carbocycles. The summed E-state index contributed by atoms with van der Waals surface area (Å²) in [5.74, 6) is 0.0501. The molecule has 0 unspecified atom stereocenters. The number of hydrogen-bond donors (Lipinski definition) is 3. The van der Waals surface area contributed by atoms with Crippen LogP contribution in [0.1, 0.15) is 51.0 Å². The van der Waals surface area contributed by atoms with Crippen LogP contribution in [0.5, 0.6) is 0 Å². The zero-order chi connectivity index (χ0) is 21.6. The van der Waals surface area contributed by atoms with E-state index in [2.05, 4.69) is 10.6 Å². The molecule has 30 heavy (non-hydrogen) atoms. The van der Waals surface area contributed by atoms with E-state index in [9.17, 15) is 13.2 Å². The summed E-state index contributed by atoms with van der Waals surface area (Å²) in [5.41, 5.74) is 0.955. The molecule has 0 atom stereocenters. The molecule has 1 saturated carbocycles. The molecule has 1 aromatic rings. The molecule has 0 bridgehead atoms. The second-order valence-electron chi connectivity index (χ2n) is 8.02. The van der Waals surface area contributed by atoms with Crippen LogP contribution in [0.2, 0.25) is 0 Å². The van der Waals surface area contributed by atoms with Gasteiger partial charge in [0.1, 0.15) is 0 Å². The Labute approximate surface area is 179 Å². The van der Waals surface area contributed by atoms with Gasteiger partial charge in [0, 0.05) is 25.7 Å². The molecule has 0 aromatic heterocycles. The van der Waals surface area contributed by atoms with Crippen LogP contribution in [0.25, 0.3) is 0 Å². The SMILES string of the molecule is CCCN1CCN(S(=O)(=O)c2ccc(CCNC(=O)NC3CCCCC3)cc2)C1=N. The number of hydrogen-bond acceptors (Lipinski definition) is 4. The topological polar surface area (TPSA) is 106 Å². The molecule has 0 radical (unpaired) electrons. The van der Waals surface area contributed by atoms with Gasteiger partial charge in [-0.2, -0.15) is 0 Å². The minimum atomic E-state index is -3.72. The molecule has 1 heterocycles. The van der Waals surface area contributed by atoms with Crippen LogP contribution in [0.3, 0.4) is 0 Å². The second-order valence-corrected chi connectivity index (χ2v) is 9.88. The number of urea groups is 1. The maximum atomic E-state index is 12.9. The summed E-state index contributed by atoms with van der Waals surface area (Å²) in [6.07, 6.45) is 7.20. The number of benzene rings is 1. The van der Waals surface area contributed by atoms with Crippen LogP contribution in [0.4, 0.5) is 4.79 Å². The lowest BCUT2D eigenvalue weighted by Gasteiger charge is -2.22. The molecule has 2 aliphatic rings. The Hall–Kier alpha value is -2.29. The predicted octanol–water partition coefficient (Wildman–Crippen LogP) is 2.51. The molecule has 8 nitrogen and oxygen atoms in total. The summed E-state index contributed by atoms with van der Waals surface area (Å²) in [7, 11) is -3.72. The molecule has 3 rings (SSSR count). The highest BCUT2D eigenvalue weighted by atomic mass is 32.2. The van der Waals surface area contributed by atoms with Crippen molar-refractivity contribution in [1.82, 2.24) is 19.8 Å². The first-order valence-electron chi connectivity index (χ1n) is 10.9. The van der Waals surface area contributed by atoms with E-state index in [-0.39, 0.29) is 22.9 Å². The van der Waals surface area contributed by atoms with E-state index in [4.69, 9.17) is 5.41 Å². The molecule has 9 heteroatoms. The number of nitrogens with one attached hydrogen (secondary N) is 3. The van der Waals surface area contributed by atoms with Gasteiger partial charge in [0.15, 0.2) is 0 Å². The lowest BCUT2D eigenvalue weighted by atomic mass is 9.96. The second kappa shape index (κ2) is 10.1. The number of sulfonamides is 1. The number of carbonyl (C=O) groups excluding carboxylic acids is 1. The standard InChI is InChI=1S/C21H33N5O3S/c1-2-14-25-15-16-26(20(25)22)30(28,29)19-10-8-17(9-11-19)12-13-23-21(27)24-18-6-4-3-5-7-18/h8-11,18,22H,2-7,12-16H2,1H3,(H2,23,24,27). The Kier molecular flexibility index (Phi) is 7.58. The van der Waals surface area contributed by atoms with Gasteiger partial charge in [-0.3, -0.25) is 5.41 Å². The summed E-state index contributed by atoms with van der Waals surface area (Å²) in [6.45, 7) is 4.05. The summed E-state index contributed by atoms with van der Waals surface area (Å²) in [6, 6.07) is 6.87. The van der Waals surface area contributed by atoms with Crippen LogP contribution in [-0.4, -0.2) is 61.8 Å². The average Bonchev–Trinajstić information content (AvgIpc) is 3.10. The molecule has 2 amide bonds. The molecule has 2 fully saturated rings. The Balaban J connectivity index is 1.49. The minimum absolute atomic E-state index is 0.0501. The highest BCUT2D eigenvalue weighted by Crippen LogP contribution is 2.21. The lowest BCUT2D eigenvalue weighted by Crippen LogP contribution is -2.43. The number of rotatable bonds is 8. The fourth-order valence-electron chi connectivity index (χ4n) is 4.06. The average molecular weight is 436 g/mol. The maximum absolute atomic E-state index is 12.9. The van der Waals surface area contributed by atoms with Gasteiger partial charge in [-0.05, 0) is 43.4 Å². The van der Waals surface area contributed by atoms with Gasteiger partial charge in [0.2, 0.25) is 5.96 Å². The van der Waals surface area contributed by atoms with E-state index in [0.717, 1.165) is 24.8 Å². The third kappa shape index (κ3) is 5.44. The first kappa shape index (κ1) is 22.4. The predicted molar refractivity (Wildman–Crippen MR) is 117 cm³/mol. The van der Waals surface area contributed by atoms with Crippen LogP contribution in [0, 0.1) is 5.41 Å². The minimum Gasteiger partial charge on any atom is -0.340 e. The van der Waals surface area contributed by atoms with Gasteiger partial charge in [-0.15, -0.1) is 0 Å². The van der Waals surface area contributed by atoms with E-state index < -0.39 is 10.0 Å². The first-order chi connectivity index (χ1) is 14.4. The zero-order valence-corrected chi connectivity index (χ0v) is 18.5. The maximum Gasteiger partial charge on any atom is 0.315 e. The van der Waals surface area contributed by atoms with Gasteiger partial charge in [-0.25, -0.2) is 17.5 Å². The van der Waals surface area contributed by atoms with E-state index in [0.29, 0.717) is 32.6 Å². The van der Waals surface area contributed by atoms with Crippen LogP contribution < -0.4 is 10.6 Å². The Morgan fingerprint density at radius 3 is 2.50 bits per heavy atom. The number of carbonyl (C=O) groups is 1. The van der Waals surface area contributed by atoms with E-state index in [1.54, 1.807) is 29.2 Å². The molecule has 166 valence electrons. The quantitative estimate of drug-likeness (QED) is 0.583. The van der Waals surface area contributed by atoms with Crippen LogP contribution in [-0.2, 0) is 16.4 Å². The van der Waals surface area contributed by atoms with Crippen molar-refractivity contribution in [2.75, 3.05) is 26.2 Å². The van der Waals surface area contributed by atoms with Crippen molar-refractivity contribution in [2.24, 2.45) is 0 Å². The van der Waals surface area contributed by atoms with Gasteiger partial charge >= 0.3 is 6.03 Å². The van der Waals surface area contributed by atoms with Crippen LogP contribution in [0.15, 0.2) is 29.2 Å². The first-order valence-corrected chi connectivity index (χ1v) is 12.4. The fourth-order valence-corrected chi connectivity index (χ4v) is 5.46. The van der Waals surface area contributed by atoms with Crippen molar-refractivity contribution < 1.29 is 13.2 Å². The smallest absolute Gasteiger partial charge is 0.315 e. The molecule has 1 aromatic carbocycles. The van der Waals surface area contributed by atoms with Crippen LogP contribution >= 0.6 is 0 Å². The Bertz CT molecular complexity index is 835. The summed E-state index contributed by atoms with van der Waals surface area (Å²) in [5, 5.41) is 14.1. The Morgan fingerprint density at radius 1 is 1.13 bits per heavy atom. The highest BCUT2D eigenvalue weighted by molar-refractivity contribution is 7.89. The molecule has 0 spiro atoms. The largest absolute Gasteiger partial charge is 0.340 e. The van der Waals surface area contributed by atoms with Crippen molar-refractivity contribution in [3.05, 3.63) is 29.8 Å². The van der Waals surface area contributed by atoms with Crippen molar-refractivity contribution >= 4 is 22.0 Å². The summed E-state index contributed by atoms with van der Waals surface area (Å²) in [4.78, 5) is 14.0. The van der Waals surface area contributed by atoms with Gasteiger partial charge in [-0.1, -0.05) is 38.3 Å². The number of nitrogens with zero attached hydrogens (tertiary/aromatic N) is 2. The highest BCUT2D eigenvalue weighted by Gasteiger charge is 2.34. The van der Waals surface area contributed by atoms with Crippen molar-refractivity contribution in [2.45, 2.75) is 62.8 Å². The van der Waals surface area contributed by atoms with E-state index in [1.165, 1.54) is 23.6 Å². The van der Waals surface area contributed by atoms with Crippen molar-refractivity contribution in [3.8, 4) is 0 Å². The Morgan fingerprint density at radius 2 is 1.83 bits per heavy atom.